The molecule has 5 nitrogen and oxygen atoms in total. The van der Waals surface area contributed by atoms with E-state index in [-0.39, 0.29) is 5.56 Å². The van der Waals surface area contributed by atoms with E-state index in [4.69, 9.17) is 9.52 Å². The number of aromatic nitrogens is 2. The zero-order valence-electron chi connectivity index (χ0n) is 9.41. The minimum Gasteiger partial charge on any atom is -0.478 e. The highest BCUT2D eigenvalue weighted by molar-refractivity contribution is 5.94. The molecule has 0 aromatic carbocycles. The summed E-state index contributed by atoms with van der Waals surface area (Å²) in [6.45, 7) is 0. The molecule has 0 spiro atoms. The van der Waals surface area contributed by atoms with Crippen LogP contribution in [-0.2, 0) is 6.42 Å². The van der Waals surface area contributed by atoms with Crippen molar-refractivity contribution in [3.63, 3.8) is 0 Å². The van der Waals surface area contributed by atoms with Crippen LogP contribution in [-0.4, -0.2) is 20.5 Å². The number of hydrogen-bond donors (Lipinski definition) is 1. The largest absolute Gasteiger partial charge is 0.478 e. The molecule has 3 heterocycles. The fourth-order valence-electron chi connectivity index (χ4n) is 1.91. The number of carboxylic acids is 1. The van der Waals surface area contributed by atoms with Gasteiger partial charge in [0.25, 0.3) is 0 Å². The number of imidazole rings is 1. The first-order valence-electron chi connectivity index (χ1n) is 5.46. The molecule has 3 aromatic heterocycles. The van der Waals surface area contributed by atoms with Crippen LogP contribution in [0.2, 0.25) is 0 Å². The number of pyridine rings is 1. The van der Waals surface area contributed by atoms with E-state index in [1.807, 2.05) is 18.3 Å². The third kappa shape index (κ3) is 1.75. The van der Waals surface area contributed by atoms with Crippen molar-refractivity contribution in [2.45, 2.75) is 6.42 Å². The van der Waals surface area contributed by atoms with E-state index in [0.29, 0.717) is 12.1 Å². The van der Waals surface area contributed by atoms with Gasteiger partial charge in [-0.05, 0) is 24.3 Å². The van der Waals surface area contributed by atoms with E-state index >= 15 is 0 Å². The van der Waals surface area contributed by atoms with Gasteiger partial charge < -0.3 is 13.9 Å². The minimum absolute atomic E-state index is 0.197. The molecule has 0 unspecified atom stereocenters. The summed E-state index contributed by atoms with van der Waals surface area (Å²) in [5.74, 6) is -0.175. The molecular formula is C13H10N2O3. The molecule has 0 atom stereocenters. The Morgan fingerprint density at radius 3 is 3.00 bits per heavy atom. The van der Waals surface area contributed by atoms with Crippen molar-refractivity contribution in [1.82, 2.24) is 9.38 Å². The Morgan fingerprint density at radius 2 is 2.28 bits per heavy atom. The van der Waals surface area contributed by atoms with Gasteiger partial charge in [-0.15, -0.1) is 0 Å². The molecule has 0 aliphatic rings. The van der Waals surface area contributed by atoms with Crippen LogP contribution in [0.4, 0.5) is 0 Å². The van der Waals surface area contributed by atoms with Gasteiger partial charge >= 0.3 is 5.97 Å². The van der Waals surface area contributed by atoms with Crippen molar-refractivity contribution in [2.24, 2.45) is 0 Å². The van der Waals surface area contributed by atoms with E-state index in [1.165, 1.54) is 0 Å². The third-order valence-corrected chi connectivity index (χ3v) is 2.70. The van der Waals surface area contributed by atoms with Crippen LogP contribution in [0.5, 0.6) is 0 Å². The average Bonchev–Trinajstić information content (AvgIpc) is 2.96. The fraction of sp³-hybridized carbons (Fsp3) is 0.0769. The first kappa shape index (κ1) is 10.6. The molecule has 1 N–H and O–H groups in total. The van der Waals surface area contributed by atoms with Gasteiger partial charge in [-0.2, -0.15) is 0 Å². The topological polar surface area (TPSA) is 67.7 Å². The Labute approximate surface area is 102 Å². The van der Waals surface area contributed by atoms with Gasteiger partial charge in [0, 0.05) is 18.8 Å². The molecule has 18 heavy (non-hydrogen) atoms. The van der Waals surface area contributed by atoms with Gasteiger partial charge in [-0.25, -0.2) is 9.78 Å². The summed E-state index contributed by atoms with van der Waals surface area (Å²) in [6, 6.07) is 6.91. The van der Waals surface area contributed by atoms with Gasteiger partial charge in [-0.3, -0.25) is 0 Å². The second kappa shape index (κ2) is 4.03. The molecule has 90 valence electrons. The molecule has 0 aliphatic carbocycles. The Hall–Kier alpha value is -2.56. The van der Waals surface area contributed by atoms with Gasteiger partial charge in [0.05, 0.1) is 12.0 Å². The molecule has 0 amide bonds. The van der Waals surface area contributed by atoms with Crippen LogP contribution in [0.3, 0.4) is 0 Å². The lowest BCUT2D eigenvalue weighted by Gasteiger charge is -1.96. The number of furan rings is 1. The van der Waals surface area contributed by atoms with E-state index in [2.05, 4.69) is 4.98 Å². The first-order valence-corrected chi connectivity index (χ1v) is 5.46. The standard InChI is InChI=1S/C13H10N2O3/c16-13(17)11-4-1-5-15-8-9(14-12(11)15)7-10-3-2-6-18-10/h1-6,8H,7H2,(H,16,17). The zero-order chi connectivity index (χ0) is 12.5. The van der Waals surface area contributed by atoms with Crippen LogP contribution in [0, 0.1) is 0 Å². The monoisotopic (exact) mass is 242 g/mol. The van der Waals surface area contributed by atoms with Crippen molar-refractivity contribution in [1.29, 1.82) is 0 Å². The van der Waals surface area contributed by atoms with Crippen molar-refractivity contribution in [2.75, 3.05) is 0 Å². The lowest BCUT2D eigenvalue weighted by molar-refractivity contribution is 0.0698. The molecule has 0 saturated carbocycles. The van der Waals surface area contributed by atoms with Crippen molar-refractivity contribution >= 4 is 11.6 Å². The molecule has 0 radical (unpaired) electrons. The number of carbonyl (C=O) groups is 1. The Balaban J connectivity index is 2.05. The summed E-state index contributed by atoms with van der Waals surface area (Å²) in [5, 5.41) is 9.08. The minimum atomic E-state index is -0.976. The molecule has 5 heteroatoms. The summed E-state index contributed by atoms with van der Waals surface area (Å²) < 4.78 is 6.96. The highest BCUT2D eigenvalue weighted by Gasteiger charge is 2.12. The number of hydrogen-bond acceptors (Lipinski definition) is 3. The lowest BCUT2D eigenvalue weighted by atomic mass is 10.3. The van der Waals surface area contributed by atoms with E-state index in [9.17, 15) is 4.79 Å². The van der Waals surface area contributed by atoms with Crippen molar-refractivity contribution in [3.8, 4) is 0 Å². The van der Waals surface area contributed by atoms with Crippen LogP contribution in [0.15, 0.2) is 47.3 Å². The summed E-state index contributed by atoms with van der Waals surface area (Å²) in [6.07, 6.45) is 5.74. The zero-order valence-corrected chi connectivity index (χ0v) is 9.41. The van der Waals surface area contributed by atoms with E-state index in [0.717, 1.165) is 11.5 Å². The second-order valence-corrected chi connectivity index (χ2v) is 3.95. The predicted octanol–water partition coefficient (Wildman–Crippen LogP) is 2.22. The fourth-order valence-corrected chi connectivity index (χ4v) is 1.91. The van der Waals surface area contributed by atoms with E-state index in [1.54, 1.807) is 29.0 Å². The third-order valence-electron chi connectivity index (χ3n) is 2.70. The summed E-state index contributed by atoms with van der Waals surface area (Å²) in [5.41, 5.74) is 1.42. The number of rotatable bonds is 3. The lowest BCUT2D eigenvalue weighted by Crippen LogP contribution is -1.99. The molecule has 0 fully saturated rings. The summed E-state index contributed by atoms with van der Waals surface area (Å²) >= 11 is 0. The maximum absolute atomic E-state index is 11.1. The van der Waals surface area contributed by atoms with Crippen LogP contribution in [0.25, 0.3) is 5.65 Å². The SMILES string of the molecule is O=C(O)c1cccn2cc(Cc3ccco3)nc12. The number of aromatic carboxylic acids is 1. The first-order chi connectivity index (χ1) is 8.74. The predicted molar refractivity (Wildman–Crippen MR) is 63.7 cm³/mol. The molecule has 3 rings (SSSR count). The number of nitrogens with zero attached hydrogens (tertiary/aromatic N) is 2. The number of fused-ring (bicyclic) bond motifs is 1. The van der Waals surface area contributed by atoms with Crippen molar-refractivity contribution < 1.29 is 14.3 Å². The summed E-state index contributed by atoms with van der Waals surface area (Å²) in [4.78, 5) is 15.4. The molecular weight excluding hydrogens is 232 g/mol. The van der Waals surface area contributed by atoms with Gasteiger partial charge in [0.15, 0.2) is 5.65 Å². The maximum Gasteiger partial charge on any atom is 0.339 e. The number of carboxylic acid groups (broad SMARTS) is 1. The summed E-state index contributed by atoms with van der Waals surface area (Å²) in [7, 11) is 0. The smallest absolute Gasteiger partial charge is 0.339 e. The molecule has 3 aromatic rings. The van der Waals surface area contributed by atoms with Crippen LogP contribution < -0.4 is 0 Å². The Morgan fingerprint density at radius 1 is 1.39 bits per heavy atom. The normalized spacial score (nSPS) is 10.9. The van der Waals surface area contributed by atoms with Crippen LogP contribution >= 0.6 is 0 Å². The van der Waals surface area contributed by atoms with Crippen LogP contribution in [0.1, 0.15) is 21.8 Å². The molecule has 0 aliphatic heterocycles. The average molecular weight is 242 g/mol. The Bertz CT molecular complexity index is 698. The highest BCUT2D eigenvalue weighted by atomic mass is 16.4. The molecule has 0 bridgehead atoms. The van der Waals surface area contributed by atoms with Gasteiger partial charge in [0.1, 0.15) is 11.3 Å². The van der Waals surface area contributed by atoms with Crippen molar-refractivity contribution in [3.05, 3.63) is 59.9 Å². The molecule has 0 saturated heterocycles. The Kier molecular flexibility index (Phi) is 2.37. The maximum atomic E-state index is 11.1. The second-order valence-electron chi connectivity index (χ2n) is 3.95. The quantitative estimate of drug-likeness (QED) is 0.764. The van der Waals surface area contributed by atoms with E-state index < -0.39 is 5.97 Å². The highest BCUT2D eigenvalue weighted by Crippen LogP contribution is 2.14. The van der Waals surface area contributed by atoms with Gasteiger partial charge in [-0.1, -0.05) is 0 Å². The van der Waals surface area contributed by atoms with Gasteiger partial charge in [0.2, 0.25) is 0 Å².